The average molecular weight is 281 g/mol. The molecule has 0 aromatic heterocycles. The Bertz CT molecular complexity index is 679. The highest BCUT2D eigenvalue weighted by atomic mass is 16.6. The van der Waals surface area contributed by atoms with E-state index in [4.69, 9.17) is 0 Å². The lowest BCUT2D eigenvalue weighted by atomic mass is 9.71. The molecule has 1 N–H and O–H groups in total. The van der Waals surface area contributed by atoms with Gasteiger partial charge < -0.3 is 5.11 Å². The summed E-state index contributed by atoms with van der Waals surface area (Å²) in [6, 6.07) is 16.2. The van der Waals surface area contributed by atoms with Crippen molar-refractivity contribution < 1.29 is 10.0 Å². The van der Waals surface area contributed by atoms with E-state index < -0.39 is 16.4 Å². The van der Waals surface area contributed by atoms with Crippen LogP contribution < -0.4 is 0 Å². The molecule has 1 aliphatic carbocycles. The topological polar surface area (TPSA) is 63.4 Å². The first kappa shape index (κ1) is 13.5. The first-order valence-corrected chi connectivity index (χ1v) is 6.80. The molecule has 21 heavy (non-hydrogen) atoms. The van der Waals surface area contributed by atoms with Crippen molar-refractivity contribution in [2.75, 3.05) is 0 Å². The maximum Gasteiger partial charge on any atom is 0.269 e. The zero-order chi connectivity index (χ0) is 14.9. The van der Waals surface area contributed by atoms with Gasteiger partial charge in [-0.15, -0.1) is 0 Å². The summed E-state index contributed by atoms with van der Waals surface area (Å²) in [5, 5.41) is 21.3. The number of aliphatic hydroxyl groups excluding tert-OH is 1. The van der Waals surface area contributed by atoms with E-state index in [-0.39, 0.29) is 5.69 Å². The fourth-order valence-corrected chi connectivity index (χ4v) is 3.03. The fraction of sp³-hybridized carbons (Fsp3) is 0.176. The van der Waals surface area contributed by atoms with Crippen LogP contribution in [0.1, 0.15) is 17.5 Å². The summed E-state index contributed by atoms with van der Waals surface area (Å²) in [7, 11) is 0. The molecule has 0 amide bonds. The van der Waals surface area contributed by atoms with Gasteiger partial charge in [0.15, 0.2) is 0 Å². The molecule has 2 aromatic carbocycles. The van der Waals surface area contributed by atoms with E-state index in [0.29, 0.717) is 6.42 Å². The molecular weight excluding hydrogens is 266 g/mol. The Balaban J connectivity index is 2.11. The third-order valence-electron chi connectivity index (χ3n) is 4.15. The minimum Gasteiger partial charge on any atom is -0.388 e. The third kappa shape index (κ3) is 2.14. The molecule has 0 bridgehead atoms. The largest absolute Gasteiger partial charge is 0.388 e. The molecule has 2 unspecified atom stereocenters. The fourth-order valence-electron chi connectivity index (χ4n) is 3.03. The highest BCUT2D eigenvalue weighted by molar-refractivity contribution is 5.48. The molecular formula is C17H15NO3. The Morgan fingerprint density at radius 3 is 2.19 bits per heavy atom. The molecule has 2 atom stereocenters. The van der Waals surface area contributed by atoms with Crippen LogP contribution in [0.15, 0.2) is 66.7 Å². The van der Waals surface area contributed by atoms with Gasteiger partial charge in [-0.05, 0) is 17.5 Å². The van der Waals surface area contributed by atoms with E-state index in [1.807, 2.05) is 36.4 Å². The summed E-state index contributed by atoms with van der Waals surface area (Å²) in [4.78, 5) is 10.4. The molecule has 0 aliphatic heterocycles. The molecule has 0 saturated carbocycles. The molecule has 0 fully saturated rings. The first-order valence-electron chi connectivity index (χ1n) is 6.80. The second kappa shape index (κ2) is 5.14. The number of hydrogen-bond donors (Lipinski definition) is 1. The summed E-state index contributed by atoms with van der Waals surface area (Å²) in [6.45, 7) is 0. The lowest BCUT2D eigenvalue weighted by Crippen LogP contribution is -2.36. The number of hydrogen-bond acceptors (Lipinski definition) is 3. The van der Waals surface area contributed by atoms with E-state index in [2.05, 4.69) is 0 Å². The lowest BCUT2D eigenvalue weighted by molar-refractivity contribution is -0.384. The molecule has 4 heteroatoms. The number of rotatable bonds is 3. The number of aliphatic hydroxyl groups is 1. The highest BCUT2D eigenvalue weighted by Crippen LogP contribution is 2.43. The van der Waals surface area contributed by atoms with Crippen molar-refractivity contribution in [3.63, 3.8) is 0 Å². The summed E-state index contributed by atoms with van der Waals surface area (Å²) < 4.78 is 0. The van der Waals surface area contributed by atoms with E-state index in [9.17, 15) is 15.2 Å². The average Bonchev–Trinajstić information content (AvgIpc) is 2.91. The van der Waals surface area contributed by atoms with E-state index in [1.165, 1.54) is 12.1 Å². The normalized spacial score (nSPS) is 24.1. The standard InChI is InChI=1S/C17H15NO3/c19-16-7-4-12-17(16,13-5-2-1-3-6-13)14-8-10-15(11-9-14)18(20)21/h1-11,16,19H,12H2. The lowest BCUT2D eigenvalue weighted by Gasteiger charge is -2.34. The van der Waals surface area contributed by atoms with Crippen molar-refractivity contribution >= 4 is 5.69 Å². The van der Waals surface area contributed by atoms with Gasteiger partial charge in [0.2, 0.25) is 0 Å². The van der Waals surface area contributed by atoms with Gasteiger partial charge in [0, 0.05) is 12.1 Å². The van der Waals surface area contributed by atoms with Crippen LogP contribution in [0.4, 0.5) is 5.69 Å². The van der Waals surface area contributed by atoms with Crippen molar-refractivity contribution in [1.82, 2.24) is 0 Å². The quantitative estimate of drug-likeness (QED) is 0.534. The zero-order valence-electron chi connectivity index (χ0n) is 11.3. The molecule has 3 rings (SSSR count). The van der Waals surface area contributed by atoms with Crippen LogP contribution in [-0.2, 0) is 5.41 Å². The summed E-state index contributed by atoms with van der Waals surface area (Å²) in [5.41, 5.74) is 1.40. The second-order valence-corrected chi connectivity index (χ2v) is 5.22. The van der Waals surface area contributed by atoms with Crippen LogP contribution >= 0.6 is 0 Å². The monoisotopic (exact) mass is 281 g/mol. The first-order chi connectivity index (χ1) is 10.1. The van der Waals surface area contributed by atoms with Gasteiger partial charge in [-0.1, -0.05) is 54.6 Å². The number of benzene rings is 2. The molecule has 2 aromatic rings. The van der Waals surface area contributed by atoms with Crippen molar-refractivity contribution in [3.05, 3.63) is 88.0 Å². The molecule has 0 spiro atoms. The van der Waals surface area contributed by atoms with Gasteiger partial charge in [-0.2, -0.15) is 0 Å². The summed E-state index contributed by atoms with van der Waals surface area (Å²) in [6.07, 6.45) is 3.78. The summed E-state index contributed by atoms with van der Waals surface area (Å²) in [5.74, 6) is 0. The summed E-state index contributed by atoms with van der Waals surface area (Å²) >= 11 is 0. The Morgan fingerprint density at radius 2 is 1.67 bits per heavy atom. The number of non-ortho nitro benzene ring substituents is 1. The van der Waals surface area contributed by atoms with Crippen LogP contribution in [-0.4, -0.2) is 16.1 Å². The second-order valence-electron chi connectivity index (χ2n) is 5.22. The van der Waals surface area contributed by atoms with Crippen molar-refractivity contribution in [3.8, 4) is 0 Å². The SMILES string of the molecule is O=[N+]([O-])c1ccc(C2(c3ccccc3)CC=CC2O)cc1. The predicted octanol–water partition coefficient (Wildman–Crippen LogP) is 3.20. The Morgan fingerprint density at radius 1 is 1.05 bits per heavy atom. The van der Waals surface area contributed by atoms with Crippen molar-refractivity contribution in [2.45, 2.75) is 17.9 Å². The molecule has 0 heterocycles. The van der Waals surface area contributed by atoms with Gasteiger partial charge in [-0.25, -0.2) is 0 Å². The van der Waals surface area contributed by atoms with E-state index in [0.717, 1.165) is 11.1 Å². The Labute approximate surface area is 122 Å². The number of nitro benzene ring substituents is 1. The molecule has 4 nitrogen and oxygen atoms in total. The van der Waals surface area contributed by atoms with Crippen molar-refractivity contribution in [1.29, 1.82) is 0 Å². The molecule has 106 valence electrons. The highest BCUT2D eigenvalue weighted by Gasteiger charge is 2.42. The smallest absolute Gasteiger partial charge is 0.269 e. The maximum atomic E-state index is 10.8. The van der Waals surface area contributed by atoms with Crippen LogP contribution in [0.3, 0.4) is 0 Å². The van der Waals surface area contributed by atoms with E-state index in [1.54, 1.807) is 18.2 Å². The van der Waals surface area contributed by atoms with Gasteiger partial charge in [0.1, 0.15) is 0 Å². The van der Waals surface area contributed by atoms with Crippen LogP contribution in [0.5, 0.6) is 0 Å². The number of allylic oxidation sites excluding steroid dienone is 1. The minimum atomic E-state index is -0.638. The van der Waals surface area contributed by atoms with Crippen molar-refractivity contribution in [2.24, 2.45) is 0 Å². The van der Waals surface area contributed by atoms with Gasteiger partial charge >= 0.3 is 0 Å². The van der Waals surface area contributed by atoms with Gasteiger partial charge in [0.25, 0.3) is 5.69 Å². The van der Waals surface area contributed by atoms with E-state index >= 15 is 0 Å². The number of nitro groups is 1. The maximum absolute atomic E-state index is 10.8. The molecule has 0 radical (unpaired) electrons. The zero-order valence-corrected chi connectivity index (χ0v) is 11.3. The number of nitrogens with zero attached hydrogens (tertiary/aromatic N) is 1. The van der Waals surface area contributed by atoms with Crippen LogP contribution in [0.25, 0.3) is 0 Å². The molecule has 0 saturated heterocycles. The Hall–Kier alpha value is -2.46. The van der Waals surface area contributed by atoms with Gasteiger partial charge in [0.05, 0.1) is 16.4 Å². The minimum absolute atomic E-state index is 0.0578. The molecule has 1 aliphatic rings. The Kier molecular flexibility index (Phi) is 3.31. The van der Waals surface area contributed by atoms with Gasteiger partial charge in [-0.3, -0.25) is 10.1 Å². The van der Waals surface area contributed by atoms with Crippen LogP contribution in [0, 0.1) is 10.1 Å². The predicted molar refractivity (Wildman–Crippen MR) is 80.1 cm³/mol. The third-order valence-corrected chi connectivity index (χ3v) is 4.15. The van der Waals surface area contributed by atoms with Crippen LogP contribution in [0.2, 0.25) is 0 Å².